The maximum absolute atomic E-state index is 5.97. The van der Waals surface area contributed by atoms with Crippen LogP contribution in [0.1, 0.15) is 59.3 Å². The van der Waals surface area contributed by atoms with Gasteiger partial charge in [0.15, 0.2) is 0 Å². The Kier molecular flexibility index (Phi) is 10.4. The molecule has 0 rings (SSSR count). The van der Waals surface area contributed by atoms with Crippen molar-refractivity contribution in [2.75, 3.05) is 13.1 Å². The average molecular weight is 214 g/mol. The maximum atomic E-state index is 5.97. The van der Waals surface area contributed by atoms with Crippen LogP contribution in [-0.4, -0.2) is 19.1 Å². The number of hydrogen-bond acceptors (Lipinski definition) is 2. The Morgan fingerprint density at radius 1 is 1.07 bits per heavy atom. The molecule has 1 unspecified atom stereocenters. The molecule has 0 heterocycles. The molecule has 3 N–H and O–H groups in total. The summed E-state index contributed by atoms with van der Waals surface area (Å²) in [6.07, 6.45) is 7.88. The Hall–Kier alpha value is -0.0800. The van der Waals surface area contributed by atoms with Crippen LogP contribution < -0.4 is 11.1 Å². The molecule has 1 atom stereocenters. The highest BCUT2D eigenvalue weighted by Gasteiger charge is 2.03. The lowest BCUT2D eigenvalue weighted by atomic mass is 10.0. The van der Waals surface area contributed by atoms with Gasteiger partial charge < -0.3 is 11.1 Å². The second-order valence-corrected chi connectivity index (χ2v) is 5.01. The van der Waals surface area contributed by atoms with E-state index in [2.05, 4.69) is 26.1 Å². The van der Waals surface area contributed by atoms with Crippen LogP contribution in [-0.2, 0) is 0 Å². The Morgan fingerprint density at radius 3 is 2.33 bits per heavy atom. The lowest BCUT2D eigenvalue weighted by molar-refractivity contribution is 0.462. The van der Waals surface area contributed by atoms with E-state index >= 15 is 0 Å². The molecule has 0 bridgehead atoms. The lowest BCUT2D eigenvalue weighted by Crippen LogP contribution is -2.35. The van der Waals surface area contributed by atoms with Gasteiger partial charge in [-0.3, -0.25) is 0 Å². The first-order chi connectivity index (χ1) is 7.16. The molecule has 0 aliphatic carbocycles. The molecule has 0 saturated carbocycles. The summed E-state index contributed by atoms with van der Waals surface area (Å²) in [4.78, 5) is 0. The largest absolute Gasteiger partial charge is 0.327 e. The highest BCUT2D eigenvalue weighted by Crippen LogP contribution is 2.02. The van der Waals surface area contributed by atoms with Crippen LogP contribution >= 0.6 is 0 Å². The van der Waals surface area contributed by atoms with Crippen LogP contribution in [0.4, 0.5) is 0 Å². The van der Waals surface area contributed by atoms with Crippen molar-refractivity contribution in [2.24, 2.45) is 11.7 Å². The molecule has 2 heteroatoms. The predicted octanol–water partition coefficient (Wildman–Crippen LogP) is 2.92. The van der Waals surface area contributed by atoms with E-state index < -0.39 is 0 Å². The van der Waals surface area contributed by atoms with E-state index in [9.17, 15) is 0 Å². The van der Waals surface area contributed by atoms with E-state index in [1.165, 1.54) is 32.1 Å². The first-order valence-electron chi connectivity index (χ1n) is 6.63. The summed E-state index contributed by atoms with van der Waals surface area (Å²) in [6.45, 7) is 8.82. The number of rotatable bonds is 10. The number of nitrogens with one attached hydrogen (secondary N) is 1. The van der Waals surface area contributed by atoms with E-state index in [0.29, 0.717) is 12.0 Å². The molecular formula is C13H30N2. The zero-order valence-corrected chi connectivity index (χ0v) is 10.9. The van der Waals surface area contributed by atoms with Crippen molar-refractivity contribution in [2.45, 2.75) is 65.3 Å². The molecule has 15 heavy (non-hydrogen) atoms. The van der Waals surface area contributed by atoms with Gasteiger partial charge in [0.2, 0.25) is 0 Å². The highest BCUT2D eigenvalue weighted by atomic mass is 14.9. The summed E-state index contributed by atoms with van der Waals surface area (Å²) in [5.74, 6) is 0.714. The minimum Gasteiger partial charge on any atom is -0.327 e. The van der Waals surface area contributed by atoms with Crippen molar-refractivity contribution in [3.63, 3.8) is 0 Å². The molecule has 0 aromatic carbocycles. The number of hydrogen-bond donors (Lipinski definition) is 2. The molecular weight excluding hydrogens is 184 g/mol. The van der Waals surface area contributed by atoms with Crippen LogP contribution in [0.5, 0.6) is 0 Å². The zero-order chi connectivity index (χ0) is 11.5. The number of nitrogens with two attached hydrogens (primary N) is 1. The summed E-state index contributed by atoms with van der Waals surface area (Å²) in [5, 5.41) is 3.44. The minimum atomic E-state index is 0.334. The number of unbranched alkanes of at least 4 members (excludes halogenated alkanes) is 4. The summed E-state index contributed by atoms with van der Waals surface area (Å²) < 4.78 is 0. The van der Waals surface area contributed by atoms with Crippen molar-refractivity contribution in [1.29, 1.82) is 0 Å². The fourth-order valence-corrected chi connectivity index (χ4v) is 1.83. The summed E-state index contributed by atoms with van der Waals surface area (Å²) in [5.41, 5.74) is 5.97. The first kappa shape index (κ1) is 14.9. The molecule has 0 aliphatic rings. The summed E-state index contributed by atoms with van der Waals surface area (Å²) in [7, 11) is 0. The Balaban J connectivity index is 3.09. The third kappa shape index (κ3) is 11.8. The van der Waals surface area contributed by atoms with Crippen molar-refractivity contribution in [1.82, 2.24) is 5.32 Å². The summed E-state index contributed by atoms with van der Waals surface area (Å²) in [6, 6.07) is 0.334. The first-order valence-corrected chi connectivity index (χ1v) is 6.63. The molecule has 2 nitrogen and oxygen atoms in total. The maximum Gasteiger partial charge on any atom is 0.0167 e. The van der Waals surface area contributed by atoms with Gasteiger partial charge >= 0.3 is 0 Å². The smallest absolute Gasteiger partial charge is 0.0167 e. The van der Waals surface area contributed by atoms with Crippen molar-refractivity contribution in [3.05, 3.63) is 0 Å². The standard InChI is InChI=1S/C13H30N2/c1-4-5-6-7-8-9-15-11-13(14)10-12(2)3/h12-13,15H,4-11,14H2,1-3H3. The van der Waals surface area contributed by atoms with Crippen LogP contribution in [0.3, 0.4) is 0 Å². The lowest BCUT2D eigenvalue weighted by Gasteiger charge is -2.14. The van der Waals surface area contributed by atoms with Crippen LogP contribution in [0.25, 0.3) is 0 Å². The molecule has 0 fully saturated rings. The molecule has 0 saturated heterocycles. The molecule has 0 aliphatic heterocycles. The quantitative estimate of drug-likeness (QED) is 0.549. The van der Waals surface area contributed by atoms with Crippen molar-refractivity contribution >= 4 is 0 Å². The van der Waals surface area contributed by atoms with Gasteiger partial charge in [0, 0.05) is 12.6 Å². The topological polar surface area (TPSA) is 38.0 Å². The average Bonchev–Trinajstić information content (AvgIpc) is 2.15. The normalized spacial score (nSPS) is 13.4. The van der Waals surface area contributed by atoms with Crippen LogP contribution in [0.2, 0.25) is 0 Å². The van der Waals surface area contributed by atoms with Gasteiger partial charge in [-0.15, -0.1) is 0 Å². The Labute approximate surface area is 96.0 Å². The molecule has 0 amide bonds. The van der Waals surface area contributed by atoms with Gasteiger partial charge in [-0.2, -0.15) is 0 Å². The second-order valence-electron chi connectivity index (χ2n) is 5.01. The third-order valence-corrected chi connectivity index (χ3v) is 2.64. The molecule has 0 spiro atoms. The molecule has 0 aromatic heterocycles. The van der Waals surface area contributed by atoms with E-state index in [-0.39, 0.29) is 0 Å². The van der Waals surface area contributed by atoms with Gasteiger partial charge in [-0.25, -0.2) is 0 Å². The van der Waals surface area contributed by atoms with E-state index in [1.54, 1.807) is 0 Å². The van der Waals surface area contributed by atoms with Crippen LogP contribution in [0.15, 0.2) is 0 Å². The van der Waals surface area contributed by atoms with E-state index in [0.717, 1.165) is 19.5 Å². The van der Waals surface area contributed by atoms with E-state index in [1.807, 2.05) is 0 Å². The fraction of sp³-hybridized carbons (Fsp3) is 1.00. The van der Waals surface area contributed by atoms with Crippen molar-refractivity contribution in [3.8, 4) is 0 Å². The van der Waals surface area contributed by atoms with Gasteiger partial charge in [0.25, 0.3) is 0 Å². The molecule has 0 aromatic rings. The molecule has 0 radical (unpaired) electrons. The SMILES string of the molecule is CCCCCCCNCC(N)CC(C)C. The third-order valence-electron chi connectivity index (χ3n) is 2.64. The predicted molar refractivity (Wildman–Crippen MR) is 69.1 cm³/mol. The monoisotopic (exact) mass is 214 g/mol. The highest BCUT2D eigenvalue weighted by molar-refractivity contribution is 4.66. The fourth-order valence-electron chi connectivity index (χ4n) is 1.83. The van der Waals surface area contributed by atoms with Crippen LogP contribution in [0, 0.1) is 5.92 Å². The minimum absolute atomic E-state index is 0.334. The van der Waals surface area contributed by atoms with Gasteiger partial charge in [-0.1, -0.05) is 46.5 Å². The Morgan fingerprint density at radius 2 is 1.73 bits per heavy atom. The van der Waals surface area contributed by atoms with Gasteiger partial charge in [0.05, 0.1) is 0 Å². The van der Waals surface area contributed by atoms with E-state index in [4.69, 9.17) is 5.73 Å². The Bertz CT molecular complexity index is 124. The van der Waals surface area contributed by atoms with Gasteiger partial charge in [-0.05, 0) is 25.3 Å². The molecule has 92 valence electrons. The van der Waals surface area contributed by atoms with Gasteiger partial charge in [0.1, 0.15) is 0 Å². The second kappa shape index (κ2) is 10.4. The summed E-state index contributed by atoms with van der Waals surface area (Å²) >= 11 is 0. The van der Waals surface area contributed by atoms with Crippen molar-refractivity contribution < 1.29 is 0 Å². The zero-order valence-electron chi connectivity index (χ0n) is 10.9.